The van der Waals surface area contributed by atoms with Crippen LogP contribution in [0.4, 0.5) is 4.79 Å². The molecular formula is C27H30BrN3O8S. The number of nitrogens with zero attached hydrogens (tertiary/aromatic N) is 3. The number of hydrogen-bond acceptors (Lipinski definition) is 8. The van der Waals surface area contributed by atoms with Crippen molar-refractivity contribution in [3.8, 4) is 0 Å². The largest absolute Gasteiger partial charge is 0.462 e. The van der Waals surface area contributed by atoms with Gasteiger partial charge in [0.1, 0.15) is 6.61 Å². The van der Waals surface area contributed by atoms with Crippen LogP contribution in [0.25, 0.3) is 0 Å². The molecule has 0 radical (unpaired) electrons. The molecule has 1 spiro atoms. The van der Waals surface area contributed by atoms with Gasteiger partial charge in [0.2, 0.25) is 15.9 Å². The molecule has 3 aliphatic heterocycles. The molecule has 0 N–H and O–H groups in total. The number of sulfonamides is 1. The smallest absolute Gasteiger partial charge is 0.410 e. The lowest BCUT2D eigenvalue weighted by Gasteiger charge is -2.42. The highest BCUT2D eigenvalue weighted by Crippen LogP contribution is 2.44. The van der Waals surface area contributed by atoms with E-state index in [0.29, 0.717) is 17.3 Å². The van der Waals surface area contributed by atoms with E-state index >= 15 is 0 Å². The van der Waals surface area contributed by atoms with Gasteiger partial charge in [-0.2, -0.15) is 4.31 Å². The van der Waals surface area contributed by atoms with Crippen LogP contribution >= 0.6 is 15.9 Å². The standard InChI is InChI=1S/C27H30BrN3O8S/c1-2-37-24(33)27-19-30(40(35,36)22-10-8-21(28)9-11-22)16-23(32)31(27)18-26(39-27)12-14-29(15-13-26)25(34)38-17-20-6-4-3-5-7-20/h3-11H,2,12-19H2,1H3. The molecule has 3 heterocycles. The molecule has 2 aromatic rings. The van der Waals surface area contributed by atoms with E-state index in [2.05, 4.69) is 15.9 Å². The van der Waals surface area contributed by atoms with E-state index in [4.69, 9.17) is 14.2 Å². The molecule has 3 saturated heterocycles. The van der Waals surface area contributed by atoms with Crippen molar-refractivity contribution in [2.24, 2.45) is 0 Å². The third-order valence-electron chi connectivity index (χ3n) is 7.45. The van der Waals surface area contributed by atoms with Crippen LogP contribution in [0.5, 0.6) is 0 Å². The molecular weight excluding hydrogens is 606 g/mol. The Morgan fingerprint density at radius 2 is 1.68 bits per heavy atom. The lowest BCUT2D eigenvalue weighted by atomic mass is 9.91. The second kappa shape index (κ2) is 11.1. The number of carbonyl (C=O) groups is 3. The average molecular weight is 637 g/mol. The van der Waals surface area contributed by atoms with Crippen molar-refractivity contribution in [3.63, 3.8) is 0 Å². The average Bonchev–Trinajstić information content (AvgIpc) is 3.28. The molecule has 13 heteroatoms. The summed E-state index contributed by atoms with van der Waals surface area (Å²) < 4.78 is 45.8. The van der Waals surface area contributed by atoms with E-state index < -0.39 is 52.4 Å². The maximum atomic E-state index is 13.5. The summed E-state index contributed by atoms with van der Waals surface area (Å²) >= 11 is 3.29. The Morgan fingerprint density at radius 1 is 1.00 bits per heavy atom. The molecule has 0 saturated carbocycles. The van der Waals surface area contributed by atoms with Gasteiger partial charge in [-0.1, -0.05) is 46.3 Å². The van der Waals surface area contributed by atoms with E-state index in [-0.39, 0.29) is 37.7 Å². The van der Waals surface area contributed by atoms with Gasteiger partial charge in [-0.15, -0.1) is 0 Å². The number of esters is 1. The first kappa shape index (κ1) is 28.5. The summed E-state index contributed by atoms with van der Waals surface area (Å²) in [4.78, 5) is 42.3. The number of carbonyl (C=O) groups excluding carboxylic acids is 3. The van der Waals surface area contributed by atoms with Crippen molar-refractivity contribution in [2.75, 3.05) is 39.3 Å². The van der Waals surface area contributed by atoms with Gasteiger partial charge in [-0.3, -0.25) is 9.69 Å². The second-order valence-electron chi connectivity index (χ2n) is 10.0. The third kappa shape index (κ3) is 5.35. The van der Waals surface area contributed by atoms with Crippen molar-refractivity contribution in [2.45, 2.75) is 42.6 Å². The quantitative estimate of drug-likeness (QED) is 0.444. The van der Waals surface area contributed by atoms with Gasteiger partial charge < -0.3 is 19.1 Å². The lowest BCUT2D eigenvalue weighted by Crippen LogP contribution is -2.67. The highest BCUT2D eigenvalue weighted by molar-refractivity contribution is 9.10. The summed E-state index contributed by atoms with van der Waals surface area (Å²) in [6.07, 6.45) is 0.202. The first-order valence-electron chi connectivity index (χ1n) is 13.0. The van der Waals surface area contributed by atoms with Gasteiger partial charge in [-0.05, 0) is 49.6 Å². The summed E-state index contributed by atoms with van der Waals surface area (Å²) in [5.41, 5.74) is -2.00. The number of piperidine rings is 1. The number of amides is 2. The Bertz CT molecular complexity index is 1380. The number of benzene rings is 2. The summed E-state index contributed by atoms with van der Waals surface area (Å²) in [5.74, 6) is -1.37. The number of rotatable bonds is 6. The molecule has 2 aromatic carbocycles. The fraction of sp³-hybridized carbons (Fsp3) is 0.444. The van der Waals surface area contributed by atoms with Crippen LogP contribution in [-0.2, 0) is 40.4 Å². The van der Waals surface area contributed by atoms with Crippen molar-refractivity contribution in [1.82, 2.24) is 14.1 Å². The Kier molecular flexibility index (Phi) is 7.92. The molecule has 2 amide bonds. The van der Waals surface area contributed by atoms with Crippen LogP contribution < -0.4 is 0 Å². The summed E-state index contributed by atoms with van der Waals surface area (Å²) in [5, 5.41) is 0. The van der Waals surface area contributed by atoms with Crippen LogP contribution in [0, 0.1) is 0 Å². The number of hydrogen-bond donors (Lipinski definition) is 0. The van der Waals surface area contributed by atoms with E-state index in [1.165, 1.54) is 17.0 Å². The predicted octanol–water partition coefficient (Wildman–Crippen LogP) is 2.74. The van der Waals surface area contributed by atoms with Crippen LogP contribution in [0.15, 0.2) is 64.0 Å². The van der Waals surface area contributed by atoms with Gasteiger partial charge in [-0.25, -0.2) is 18.0 Å². The normalized spacial score (nSPS) is 22.7. The molecule has 0 bridgehead atoms. The maximum absolute atomic E-state index is 13.5. The van der Waals surface area contributed by atoms with Gasteiger partial charge in [0.25, 0.3) is 5.72 Å². The third-order valence-corrected chi connectivity index (χ3v) is 9.79. The SMILES string of the molecule is CCOC(=O)C12CN(S(=O)(=O)c3ccc(Br)cc3)CC(=O)N1CC1(CCN(C(=O)OCc3ccccc3)CC1)O2. The number of halogens is 1. The lowest BCUT2D eigenvalue weighted by molar-refractivity contribution is -0.208. The van der Waals surface area contributed by atoms with Crippen molar-refractivity contribution < 1.29 is 37.0 Å². The van der Waals surface area contributed by atoms with E-state index in [1.807, 2.05) is 30.3 Å². The van der Waals surface area contributed by atoms with Crippen LogP contribution in [0.3, 0.4) is 0 Å². The zero-order chi connectivity index (χ0) is 28.5. The van der Waals surface area contributed by atoms with Crippen molar-refractivity contribution in [1.29, 1.82) is 0 Å². The molecule has 1 unspecified atom stereocenters. The predicted molar refractivity (Wildman–Crippen MR) is 145 cm³/mol. The van der Waals surface area contributed by atoms with Crippen LogP contribution in [-0.4, -0.2) is 91.1 Å². The Labute approximate surface area is 241 Å². The van der Waals surface area contributed by atoms with Gasteiger partial charge in [0, 0.05) is 17.6 Å². The monoisotopic (exact) mass is 635 g/mol. The molecule has 0 aliphatic carbocycles. The number of fused-ring (bicyclic) bond motifs is 1. The minimum atomic E-state index is -4.12. The molecule has 3 fully saturated rings. The molecule has 5 rings (SSSR count). The number of likely N-dealkylation sites (tertiary alicyclic amines) is 1. The number of ether oxygens (including phenoxy) is 3. The van der Waals surface area contributed by atoms with Crippen molar-refractivity contribution in [3.05, 3.63) is 64.6 Å². The Hall–Kier alpha value is -3.00. The van der Waals surface area contributed by atoms with Gasteiger partial charge >= 0.3 is 12.1 Å². The molecule has 11 nitrogen and oxygen atoms in total. The Morgan fingerprint density at radius 3 is 2.33 bits per heavy atom. The first-order chi connectivity index (χ1) is 19.1. The summed E-state index contributed by atoms with van der Waals surface area (Å²) in [7, 11) is -4.12. The molecule has 1 atom stereocenters. The summed E-state index contributed by atoms with van der Waals surface area (Å²) in [6.45, 7) is 1.63. The fourth-order valence-corrected chi connectivity index (χ4v) is 7.02. The molecule has 3 aliphatic rings. The Balaban J connectivity index is 1.33. The minimum Gasteiger partial charge on any atom is -0.462 e. The summed E-state index contributed by atoms with van der Waals surface area (Å²) in [6, 6.07) is 15.4. The molecule has 0 aromatic heterocycles. The highest BCUT2D eigenvalue weighted by atomic mass is 79.9. The van der Waals surface area contributed by atoms with Crippen LogP contribution in [0.1, 0.15) is 25.3 Å². The molecule has 40 heavy (non-hydrogen) atoms. The van der Waals surface area contributed by atoms with E-state index in [0.717, 1.165) is 9.87 Å². The maximum Gasteiger partial charge on any atom is 0.410 e. The van der Waals surface area contributed by atoms with Crippen molar-refractivity contribution >= 4 is 43.9 Å². The first-order valence-corrected chi connectivity index (χ1v) is 15.2. The van der Waals surface area contributed by atoms with Crippen LogP contribution in [0.2, 0.25) is 0 Å². The molecule has 214 valence electrons. The number of piperazine rings is 1. The van der Waals surface area contributed by atoms with Gasteiger partial charge in [0.15, 0.2) is 0 Å². The minimum absolute atomic E-state index is 0.00834. The van der Waals surface area contributed by atoms with E-state index in [1.54, 1.807) is 24.0 Å². The van der Waals surface area contributed by atoms with E-state index in [9.17, 15) is 22.8 Å². The highest BCUT2D eigenvalue weighted by Gasteiger charge is 2.65. The topological polar surface area (TPSA) is 123 Å². The second-order valence-corrected chi connectivity index (χ2v) is 12.9. The fourth-order valence-electron chi connectivity index (χ4n) is 5.35. The van der Waals surface area contributed by atoms with Gasteiger partial charge in [0.05, 0.1) is 36.7 Å². The zero-order valence-electron chi connectivity index (χ0n) is 22.0. The zero-order valence-corrected chi connectivity index (χ0v) is 24.4.